The Hall–Kier alpha value is -2.61. The maximum atomic E-state index is 12.7. The SMILES string of the molecule is CCS(=O)(=O)c1ccccc1C(=O)N(C)Cc1cc(C(=O)O)c(C)o1. The van der Waals surface area contributed by atoms with Crippen LogP contribution in [-0.2, 0) is 16.4 Å². The van der Waals surface area contributed by atoms with Gasteiger partial charge in [-0.2, -0.15) is 0 Å². The Labute approximate surface area is 145 Å². The van der Waals surface area contributed by atoms with Gasteiger partial charge in [-0.1, -0.05) is 19.1 Å². The Morgan fingerprint density at radius 3 is 2.40 bits per heavy atom. The molecule has 0 aliphatic carbocycles. The van der Waals surface area contributed by atoms with Crippen LogP contribution in [-0.4, -0.2) is 43.1 Å². The summed E-state index contributed by atoms with van der Waals surface area (Å²) in [6, 6.07) is 7.37. The lowest BCUT2D eigenvalue weighted by Gasteiger charge is -2.17. The van der Waals surface area contributed by atoms with Gasteiger partial charge in [-0.3, -0.25) is 4.79 Å². The van der Waals surface area contributed by atoms with E-state index in [1.807, 2.05) is 0 Å². The van der Waals surface area contributed by atoms with Crippen LogP contribution in [0, 0.1) is 6.92 Å². The number of rotatable bonds is 6. The molecule has 8 heteroatoms. The fourth-order valence-electron chi connectivity index (χ4n) is 2.42. The maximum Gasteiger partial charge on any atom is 0.339 e. The molecular formula is C17H19NO6S. The van der Waals surface area contributed by atoms with Crippen molar-refractivity contribution in [2.24, 2.45) is 0 Å². The first kappa shape index (κ1) is 18.7. The van der Waals surface area contributed by atoms with Gasteiger partial charge in [0, 0.05) is 7.05 Å². The Balaban J connectivity index is 2.30. The quantitative estimate of drug-likeness (QED) is 0.842. The monoisotopic (exact) mass is 365 g/mol. The first-order valence-electron chi connectivity index (χ1n) is 7.57. The number of carbonyl (C=O) groups excluding carboxylic acids is 1. The molecule has 0 spiro atoms. The van der Waals surface area contributed by atoms with Crippen LogP contribution in [0.5, 0.6) is 0 Å². The number of carbonyl (C=O) groups is 2. The van der Waals surface area contributed by atoms with Crippen LogP contribution in [0.2, 0.25) is 0 Å². The summed E-state index contributed by atoms with van der Waals surface area (Å²) in [5.41, 5.74) is 0.110. The highest BCUT2D eigenvalue weighted by molar-refractivity contribution is 7.91. The van der Waals surface area contributed by atoms with Crippen molar-refractivity contribution in [3.8, 4) is 0 Å². The van der Waals surface area contributed by atoms with E-state index < -0.39 is 21.7 Å². The first-order valence-corrected chi connectivity index (χ1v) is 9.22. The van der Waals surface area contributed by atoms with Gasteiger partial charge in [0.1, 0.15) is 17.1 Å². The van der Waals surface area contributed by atoms with Gasteiger partial charge >= 0.3 is 5.97 Å². The summed E-state index contributed by atoms with van der Waals surface area (Å²) < 4.78 is 29.7. The van der Waals surface area contributed by atoms with Crippen molar-refractivity contribution in [1.29, 1.82) is 0 Å². The number of nitrogens with zero attached hydrogens (tertiary/aromatic N) is 1. The number of hydrogen-bond donors (Lipinski definition) is 1. The van der Waals surface area contributed by atoms with Gasteiger partial charge in [0.05, 0.1) is 22.8 Å². The van der Waals surface area contributed by atoms with E-state index in [-0.39, 0.29) is 34.1 Å². The normalized spacial score (nSPS) is 11.3. The third-order valence-electron chi connectivity index (χ3n) is 3.77. The average molecular weight is 365 g/mol. The number of carboxylic acids is 1. The molecule has 0 fully saturated rings. The Morgan fingerprint density at radius 1 is 1.20 bits per heavy atom. The number of furan rings is 1. The third kappa shape index (κ3) is 3.90. The summed E-state index contributed by atoms with van der Waals surface area (Å²) in [6.07, 6.45) is 0. The molecule has 0 aliphatic heterocycles. The van der Waals surface area contributed by atoms with Crippen LogP contribution in [0.15, 0.2) is 39.6 Å². The van der Waals surface area contributed by atoms with Gasteiger partial charge in [0.25, 0.3) is 5.91 Å². The Morgan fingerprint density at radius 2 is 1.84 bits per heavy atom. The summed E-state index contributed by atoms with van der Waals surface area (Å²) >= 11 is 0. The van der Waals surface area contributed by atoms with Crippen LogP contribution >= 0.6 is 0 Å². The van der Waals surface area contributed by atoms with E-state index in [2.05, 4.69) is 0 Å². The summed E-state index contributed by atoms with van der Waals surface area (Å²) in [7, 11) is -2.05. The van der Waals surface area contributed by atoms with E-state index in [0.29, 0.717) is 5.76 Å². The maximum absolute atomic E-state index is 12.7. The molecule has 1 amide bonds. The summed E-state index contributed by atoms with van der Waals surface area (Å²) in [4.78, 5) is 25.0. The molecule has 1 aromatic heterocycles. The number of aromatic carboxylic acids is 1. The van der Waals surface area contributed by atoms with E-state index in [4.69, 9.17) is 9.52 Å². The molecule has 2 aromatic rings. The molecule has 1 aromatic carbocycles. The molecule has 7 nitrogen and oxygen atoms in total. The molecule has 0 saturated heterocycles. The van der Waals surface area contributed by atoms with Crippen molar-refractivity contribution in [2.45, 2.75) is 25.3 Å². The highest BCUT2D eigenvalue weighted by Crippen LogP contribution is 2.21. The lowest BCUT2D eigenvalue weighted by atomic mass is 10.2. The van der Waals surface area contributed by atoms with Crippen molar-refractivity contribution < 1.29 is 27.5 Å². The minimum absolute atomic E-state index is 0.0174. The lowest BCUT2D eigenvalue weighted by Crippen LogP contribution is -2.27. The van der Waals surface area contributed by atoms with Crippen LogP contribution in [0.1, 0.15) is 39.2 Å². The topological polar surface area (TPSA) is 105 Å². The third-order valence-corrected chi connectivity index (χ3v) is 5.56. The van der Waals surface area contributed by atoms with Gasteiger partial charge in [0.2, 0.25) is 0 Å². The second-order valence-corrected chi connectivity index (χ2v) is 7.80. The average Bonchev–Trinajstić information content (AvgIpc) is 2.94. The molecule has 25 heavy (non-hydrogen) atoms. The zero-order valence-electron chi connectivity index (χ0n) is 14.1. The van der Waals surface area contributed by atoms with Gasteiger partial charge in [0.15, 0.2) is 9.84 Å². The molecule has 0 atom stereocenters. The van der Waals surface area contributed by atoms with Crippen molar-refractivity contribution in [1.82, 2.24) is 4.90 Å². The summed E-state index contributed by atoms with van der Waals surface area (Å²) in [6.45, 7) is 3.06. The summed E-state index contributed by atoms with van der Waals surface area (Å²) in [5, 5.41) is 9.05. The van der Waals surface area contributed by atoms with E-state index in [9.17, 15) is 18.0 Å². The molecule has 0 saturated carbocycles. The van der Waals surface area contributed by atoms with Crippen molar-refractivity contribution in [3.05, 3.63) is 53.0 Å². The highest BCUT2D eigenvalue weighted by atomic mass is 32.2. The number of amides is 1. The van der Waals surface area contributed by atoms with Crippen LogP contribution in [0.25, 0.3) is 0 Å². The van der Waals surface area contributed by atoms with Crippen molar-refractivity contribution in [2.75, 3.05) is 12.8 Å². The lowest BCUT2D eigenvalue weighted by molar-refractivity contribution is 0.0694. The smallest absolute Gasteiger partial charge is 0.339 e. The molecule has 1 N–H and O–H groups in total. The standard InChI is InChI=1S/C17H19NO6S/c1-4-25(22,23)15-8-6-5-7-13(15)16(19)18(3)10-12-9-14(17(20)21)11(2)24-12/h5-9H,4,10H2,1-3H3,(H,20,21). The van der Waals surface area contributed by atoms with E-state index in [1.54, 1.807) is 12.1 Å². The highest BCUT2D eigenvalue weighted by Gasteiger charge is 2.24. The minimum atomic E-state index is -3.54. The number of sulfone groups is 1. The molecule has 0 radical (unpaired) electrons. The molecule has 1 heterocycles. The summed E-state index contributed by atoms with van der Waals surface area (Å²) in [5.74, 6) is -1.15. The molecule has 0 aliphatic rings. The van der Waals surface area contributed by atoms with E-state index in [0.717, 1.165) is 0 Å². The van der Waals surface area contributed by atoms with Gasteiger partial charge in [-0.25, -0.2) is 13.2 Å². The molecule has 2 rings (SSSR count). The fraction of sp³-hybridized carbons (Fsp3) is 0.294. The predicted molar refractivity (Wildman–Crippen MR) is 90.4 cm³/mol. The first-order chi connectivity index (χ1) is 11.7. The Kier molecular flexibility index (Phi) is 5.32. The minimum Gasteiger partial charge on any atom is -0.478 e. The van der Waals surface area contributed by atoms with Gasteiger partial charge < -0.3 is 14.4 Å². The molecular weight excluding hydrogens is 346 g/mol. The predicted octanol–water partition coefficient (Wildman–Crippen LogP) is 2.35. The van der Waals surface area contributed by atoms with Crippen molar-refractivity contribution >= 4 is 21.7 Å². The van der Waals surface area contributed by atoms with E-state index in [1.165, 1.54) is 44.0 Å². The zero-order valence-corrected chi connectivity index (χ0v) is 15.0. The number of carboxylic acid groups (broad SMARTS) is 1. The number of benzene rings is 1. The molecule has 0 unspecified atom stereocenters. The molecule has 0 bridgehead atoms. The molecule has 134 valence electrons. The van der Waals surface area contributed by atoms with Gasteiger partial charge in [-0.05, 0) is 25.1 Å². The van der Waals surface area contributed by atoms with Crippen molar-refractivity contribution in [3.63, 3.8) is 0 Å². The largest absolute Gasteiger partial charge is 0.478 e. The fourth-order valence-corrected chi connectivity index (χ4v) is 3.50. The van der Waals surface area contributed by atoms with Gasteiger partial charge in [-0.15, -0.1) is 0 Å². The van der Waals surface area contributed by atoms with E-state index >= 15 is 0 Å². The zero-order chi connectivity index (χ0) is 18.8. The van der Waals surface area contributed by atoms with Crippen LogP contribution in [0.3, 0.4) is 0 Å². The number of aryl methyl sites for hydroxylation is 1. The Bertz CT molecular complexity index is 913. The second-order valence-electron chi connectivity index (χ2n) is 5.55. The number of hydrogen-bond acceptors (Lipinski definition) is 5. The second kappa shape index (κ2) is 7.10. The van der Waals surface area contributed by atoms with Crippen LogP contribution in [0.4, 0.5) is 0 Å². The van der Waals surface area contributed by atoms with Crippen LogP contribution < -0.4 is 0 Å².